The molecule has 0 amide bonds. The van der Waals surface area contributed by atoms with E-state index >= 15 is 0 Å². The molecule has 0 fully saturated rings. The van der Waals surface area contributed by atoms with Crippen molar-refractivity contribution < 1.29 is 10.0 Å². The summed E-state index contributed by atoms with van der Waals surface area (Å²) in [6, 6.07) is 68.6. The molecule has 2 N–H and O–H groups in total. The van der Waals surface area contributed by atoms with Gasteiger partial charge in [0, 0.05) is 4.47 Å². The normalized spacial score (nSPS) is 11.9. The molecule has 4 heteroatoms. The fourth-order valence-corrected chi connectivity index (χ4v) is 9.19. The van der Waals surface area contributed by atoms with E-state index in [2.05, 4.69) is 168 Å². The molecule has 2 aliphatic rings. The fourth-order valence-electron chi connectivity index (χ4n) is 8.82. The second-order valence-electron chi connectivity index (χ2n) is 15.2. The molecular formula is C54H38BBrO2. The summed E-state index contributed by atoms with van der Waals surface area (Å²) in [6.07, 6.45) is 2.12. The lowest BCUT2D eigenvalue weighted by molar-refractivity contribution is 0.426. The van der Waals surface area contributed by atoms with E-state index in [9.17, 15) is 0 Å². The van der Waals surface area contributed by atoms with Crippen molar-refractivity contribution in [2.45, 2.75) is 12.8 Å². The molecule has 0 heterocycles. The van der Waals surface area contributed by atoms with E-state index in [4.69, 9.17) is 10.0 Å². The van der Waals surface area contributed by atoms with Gasteiger partial charge in [-0.05, 0) is 141 Å². The molecule has 58 heavy (non-hydrogen) atoms. The summed E-state index contributed by atoms with van der Waals surface area (Å²) in [6.45, 7) is 0. The van der Waals surface area contributed by atoms with E-state index in [0.717, 1.165) is 28.1 Å². The standard InChI is InChI=1S/C27H18.C17H11Br.C10H9BO2/c1-2-6-19-15-20(10-9-18(19)5-1)21-13-14-26-23(16-21)11-12-24-17-22-7-3-4-8-25(22)27(24)26;18-14-7-8-16-12(10-14)5-6-13-9-11-3-1-2-4-15(11)17(13)16;12-11(13)10-6-5-8-3-1-2-4-9(8)7-10/h1-16H,17H2;1-8,10H,9H2;1-7,12-13H. The number of benzene rings is 10. The summed E-state index contributed by atoms with van der Waals surface area (Å²) < 4.78 is 1.14. The van der Waals surface area contributed by atoms with Crippen LogP contribution in [-0.2, 0) is 12.8 Å². The monoisotopic (exact) mass is 808 g/mol. The predicted octanol–water partition coefficient (Wildman–Crippen LogP) is 12.9. The number of rotatable bonds is 2. The Bertz CT molecular complexity index is 3190. The molecule has 0 aromatic heterocycles. The van der Waals surface area contributed by atoms with Crippen LogP contribution in [0.2, 0.25) is 0 Å². The van der Waals surface area contributed by atoms with Crippen LogP contribution in [-0.4, -0.2) is 17.2 Å². The highest BCUT2D eigenvalue weighted by Gasteiger charge is 2.21. The molecule has 0 spiro atoms. The van der Waals surface area contributed by atoms with Gasteiger partial charge in [-0.15, -0.1) is 0 Å². The van der Waals surface area contributed by atoms with Gasteiger partial charge in [0.15, 0.2) is 0 Å². The summed E-state index contributed by atoms with van der Waals surface area (Å²) in [5.41, 5.74) is 14.5. The van der Waals surface area contributed by atoms with E-state index in [1.54, 1.807) is 12.1 Å². The number of hydrogen-bond donors (Lipinski definition) is 2. The van der Waals surface area contributed by atoms with Crippen molar-refractivity contribution >= 4 is 71.6 Å². The summed E-state index contributed by atoms with van der Waals surface area (Å²) >= 11 is 3.54. The lowest BCUT2D eigenvalue weighted by Gasteiger charge is -2.10. The lowest BCUT2D eigenvalue weighted by atomic mass is 9.79. The van der Waals surface area contributed by atoms with Gasteiger partial charge in [0.2, 0.25) is 0 Å². The molecule has 10 aromatic rings. The van der Waals surface area contributed by atoms with Crippen LogP contribution in [0.5, 0.6) is 0 Å². The van der Waals surface area contributed by atoms with Crippen molar-refractivity contribution in [3.8, 4) is 33.4 Å². The Labute approximate surface area is 347 Å². The van der Waals surface area contributed by atoms with Crippen molar-refractivity contribution in [1.82, 2.24) is 0 Å². The number of halogens is 1. The Hall–Kier alpha value is -6.30. The highest BCUT2D eigenvalue weighted by atomic mass is 79.9. The van der Waals surface area contributed by atoms with Gasteiger partial charge in [-0.1, -0.05) is 186 Å². The van der Waals surface area contributed by atoms with Crippen LogP contribution in [0.25, 0.3) is 76.5 Å². The zero-order valence-electron chi connectivity index (χ0n) is 31.7. The first kappa shape index (κ1) is 36.1. The average Bonchev–Trinajstić information content (AvgIpc) is 3.85. The van der Waals surface area contributed by atoms with Gasteiger partial charge in [-0.2, -0.15) is 0 Å². The summed E-state index contributed by atoms with van der Waals surface area (Å²) in [4.78, 5) is 0. The molecule has 0 aliphatic heterocycles. The average molecular weight is 810 g/mol. The van der Waals surface area contributed by atoms with E-state index in [0.29, 0.717) is 5.46 Å². The Morgan fingerprint density at radius 3 is 1.41 bits per heavy atom. The third-order valence-corrected chi connectivity index (χ3v) is 12.2. The van der Waals surface area contributed by atoms with Crippen LogP contribution < -0.4 is 5.46 Å². The largest absolute Gasteiger partial charge is 0.488 e. The van der Waals surface area contributed by atoms with Crippen LogP contribution in [0.3, 0.4) is 0 Å². The maximum absolute atomic E-state index is 8.94. The minimum absolute atomic E-state index is 0.527. The zero-order chi connectivity index (χ0) is 39.2. The molecule has 2 nitrogen and oxygen atoms in total. The Balaban J connectivity index is 0.000000114. The number of hydrogen-bond acceptors (Lipinski definition) is 2. The van der Waals surface area contributed by atoms with Gasteiger partial charge in [0.05, 0.1) is 0 Å². The van der Waals surface area contributed by atoms with Crippen LogP contribution in [0.1, 0.15) is 22.3 Å². The van der Waals surface area contributed by atoms with Crippen LogP contribution in [0.15, 0.2) is 199 Å². The maximum Gasteiger partial charge on any atom is 0.488 e. The summed E-state index contributed by atoms with van der Waals surface area (Å²) in [5, 5.41) is 27.9. The van der Waals surface area contributed by atoms with Gasteiger partial charge < -0.3 is 10.0 Å². The van der Waals surface area contributed by atoms with Crippen molar-refractivity contribution in [1.29, 1.82) is 0 Å². The van der Waals surface area contributed by atoms with Crippen LogP contribution in [0, 0.1) is 0 Å². The zero-order valence-corrected chi connectivity index (χ0v) is 33.3. The highest BCUT2D eigenvalue weighted by molar-refractivity contribution is 9.10. The van der Waals surface area contributed by atoms with Crippen molar-refractivity contribution in [3.05, 3.63) is 221 Å². The van der Waals surface area contributed by atoms with Crippen LogP contribution in [0.4, 0.5) is 0 Å². The Kier molecular flexibility index (Phi) is 9.47. The molecule has 0 atom stereocenters. The predicted molar refractivity (Wildman–Crippen MR) is 249 cm³/mol. The molecule has 0 unspecified atom stereocenters. The van der Waals surface area contributed by atoms with Gasteiger partial charge in [-0.3, -0.25) is 0 Å². The van der Waals surface area contributed by atoms with Gasteiger partial charge in [0.1, 0.15) is 0 Å². The first-order valence-electron chi connectivity index (χ1n) is 19.7. The van der Waals surface area contributed by atoms with E-state index in [1.807, 2.05) is 30.3 Å². The molecule has 12 rings (SSSR count). The van der Waals surface area contributed by atoms with Crippen molar-refractivity contribution in [2.75, 3.05) is 0 Å². The minimum Gasteiger partial charge on any atom is -0.423 e. The molecular weight excluding hydrogens is 771 g/mol. The van der Waals surface area contributed by atoms with Gasteiger partial charge >= 0.3 is 7.12 Å². The molecule has 0 bridgehead atoms. The second-order valence-corrected chi connectivity index (χ2v) is 16.1. The third-order valence-electron chi connectivity index (χ3n) is 11.7. The highest BCUT2D eigenvalue weighted by Crippen LogP contribution is 2.43. The Morgan fingerprint density at radius 1 is 0.362 bits per heavy atom. The maximum atomic E-state index is 8.94. The van der Waals surface area contributed by atoms with E-state index in [1.165, 1.54) is 88.0 Å². The molecule has 0 radical (unpaired) electrons. The topological polar surface area (TPSA) is 40.5 Å². The van der Waals surface area contributed by atoms with Crippen molar-refractivity contribution in [3.63, 3.8) is 0 Å². The second kappa shape index (κ2) is 15.2. The molecule has 10 aromatic carbocycles. The molecule has 2 aliphatic carbocycles. The Morgan fingerprint density at radius 2 is 0.810 bits per heavy atom. The van der Waals surface area contributed by atoms with Gasteiger partial charge in [0.25, 0.3) is 0 Å². The fraction of sp³-hybridized carbons (Fsp3) is 0.0370. The van der Waals surface area contributed by atoms with E-state index in [-0.39, 0.29) is 0 Å². The first-order valence-corrected chi connectivity index (χ1v) is 20.5. The summed E-state index contributed by atoms with van der Waals surface area (Å²) in [7, 11) is -1.38. The molecule has 0 saturated heterocycles. The quantitative estimate of drug-likeness (QED) is 0.171. The third kappa shape index (κ3) is 6.80. The first-order chi connectivity index (χ1) is 28.5. The van der Waals surface area contributed by atoms with Gasteiger partial charge in [-0.25, -0.2) is 0 Å². The van der Waals surface area contributed by atoms with Crippen molar-refractivity contribution in [2.24, 2.45) is 0 Å². The minimum atomic E-state index is -1.38. The molecule has 0 saturated carbocycles. The van der Waals surface area contributed by atoms with Crippen LogP contribution >= 0.6 is 15.9 Å². The molecule has 276 valence electrons. The van der Waals surface area contributed by atoms with E-state index < -0.39 is 7.12 Å². The smallest absolute Gasteiger partial charge is 0.423 e. The number of fused-ring (bicyclic) bond motifs is 12. The summed E-state index contributed by atoms with van der Waals surface area (Å²) in [5.74, 6) is 0. The SMILES string of the molecule is Brc1ccc2c3c(ccc2c1)Cc1ccccc1-3.OB(O)c1ccc2ccccc2c1.c1ccc2c(c1)Cc1ccc3cc(-c4ccc5ccccc5c4)ccc3c1-2. The lowest BCUT2D eigenvalue weighted by Crippen LogP contribution is -2.29.